The van der Waals surface area contributed by atoms with Crippen molar-refractivity contribution in [1.82, 2.24) is 9.62 Å². The molecule has 2 aliphatic rings. The normalized spacial score (nSPS) is 24.3. The number of carbonyl (C=O) groups excluding carboxylic acids is 1. The van der Waals surface area contributed by atoms with Gasteiger partial charge in [0, 0.05) is 25.0 Å². The number of likely N-dealkylation sites (tertiary alicyclic amines) is 1. The van der Waals surface area contributed by atoms with Crippen LogP contribution in [0.4, 0.5) is 4.39 Å². The number of sulfonamides is 1. The molecule has 2 aromatic carbocycles. The van der Waals surface area contributed by atoms with Gasteiger partial charge < -0.3 is 4.90 Å². The van der Waals surface area contributed by atoms with Crippen molar-refractivity contribution in [3.05, 3.63) is 59.9 Å². The molecule has 0 bridgehead atoms. The molecule has 2 aromatic rings. The molecule has 2 fully saturated rings. The molecular formula is C22H25FN2O3S. The molecule has 5 nitrogen and oxygen atoms in total. The zero-order valence-electron chi connectivity index (χ0n) is 16.3. The zero-order valence-corrected chi connectivity index (χ0v) is 17.2. The molecule has 0 radical (unpaired) electrons. The van der Waals surface area contributed by atoms with Crippen LogP contribution in [-0.4, -0.2) is 44.6 Å². The van der Waals surface area contributed by atoms with Crippen LogP contribution in [0.1, 0.15) is 30.7 Å². The molecule has 7 heteroatoms. The van der Waals surface area contributed by atoms with Crippen LogP contribution in [0, 0.1) is 11.7 Å². The number of rotatable bonds is 5. The van der Waals surface area contributed by atoms with Gasteiger partial charge in [0.05, 0.1) is 6.26 Å². The summed E-state index contributed by atoms with van der Waals surface area (Å²) < 4.78 is 39.3. The Bertz CT molecular complexity index is 1020. The van der Waals surface area contributed by atoms with E-state index in [-0.39, 0.29) is 29.6 Å². The fraction of sp³-hybridized carbons (Fsp3) is 0.409. The van der Waals surface area contributed by atoms with Gasteiger partial charge in [0.15, 0.2) is 0 Å². The summed E-state index contributed by atoms with van der Waals surface area (Å²) in [4.78, 5) is 14.8. The minimum atomic E-state index is -3.29. The van der Waals surface area contributed by atoms with E-state index in [0.29, 0.717) is 13.1 Å². The minimum absolute atomic E-state index is 0.0871. The molecule has 1 N–H and O–H groups in total. The molecule has 1 aliphatic heterocycles. The quantitative estimate of drug-likeness (QED) is 0.814. The number of piperidine rings is 1. The molecule has 29 heavy (non-hydrogen) atoms. The predicted octanol–water partition coefficient (Wildman–Crippen LogP) is 3.14. The Hall–Kier alpha value is -2.25. The topological polar surface area (TPSA) is 66.5 Å². The van der Waals surface area contributed by atoms with Gasteiger partial charge in [0.2, 0.25) is 15.9 Å². The second kappa shape index (κ2) is 7.88. The number of halogens is 1. The van der Waals surface area contributed by atoms with Gasteiger partial charge in [-0.1, -0.05) is 36.4 Å². The SMILES string of the molecule is CS(=O)(=O)NC1CCCN(C(=O)C2CC2c2ccccc2-c2cccc(F)c2)C1. The molecule has 3 atom stereocenters. The van der Waals surface area contributed by atoms with Crippen molar-refractivity contribution in [2.75, 3.05) is 19.3 Å². The van der Waals surface area contributed by atoms with E-state index < -0.39 is 10.0 Å². The van der Waals surface area contributed by atoms with E-state index in [2.05, 4.69) is 4.72 Å². The first-order chi connectivity index (χ1) is 13.8. The van der Waals surface area contributed by atoms with Crippen molar-refractivity contribution in [2.24, 2.45) is 5.92 Å². The summed E-state index contributed by atoms with van der Waals surface area (Å²) >= 11 is 0. The number of carbonyl (C=O) groups is 1. The lowest BCUT2D eigenvalue weighted by molar-refractivity contribution is -0.133. The Morgan fingerprint density at radius 2 is 1.97 bits per heavy atom. The molecular weight excluding hydrogens is 391 g/mol. The van der Waals surface area contributed by atoms with Crippen LogP contribution in [-0.2, 0) is 14.8 Å². The molecule has 1 saturated heterocycles. The summed E-state index contributed by atoms with van der Waals surface area (Å²) in [5.41, 5.74) is 2.84. The van der Waals surface area contributed by atoms with E-state index in [1.165, 1.54) is 12.1 Å². The summed E-state index contributed by atoms with van der Waals surface area (Å²) in [7, 11) is -3.29. The van der Waals surface area contributed by atoms with Gasteiger partial charge in [-0.05, 0) is 54.0 Å². The van der Waals surface area contributed by atoms with Crippen LogP contribution in [0.5, 0.6) is 0 Å². The highest BCUT2D eigenvalue weighted by Crippen LogP contribution is 2.51. The van der Waals surface area contributed by atoms with Gasteiger partial charge in [-0.15, -0.1) is 0 Å². The predicted molar refractivity (Wildman–Crippen MR) is 110 cm³/mol. The molecule has 4 rings (SSSR count). The summed E-state index contributed by atoms with van der Waals surface area (Å²) in [5.74, 6) is -0.172. The largest absolute Gasteiger partial charge is 0.341 e. The van der Waals surface area contributed by atoms with Crippen LogP contribution >= 0.6 is 0 Å². The lowest BCUT2D eigenvalue weighted by Crippen LogP contribution is -2.49. The van der Waals surface area contributed by atoms with Crippen LogP contribution in [0.15, 0.2) is 48.5 Å². The first-order valence-electron chi connectivity index (χ1n) is 9.93. The number of benzene rings is 2. The van der Waals surface area contributed by atoms with Crippen LogP contribution < -0.4 is 4.72 Å². The van der Waals surface area contributed by atoms with E-state index in [9.17, 15) is 17.6 Å². The highest BCUT2D eigenvalue weighted by Gasteiger charge is 2.47. The van der Waals surface area contributed by atoms with Crippen molar-refractivity contribution in [2.45, 2.75) is 31.2 Å². The molecule has 0 aromatic heterocycles. The molecule has 1 saturated carbocycles. The van der Waals surface area contributed by atoms with Gasteiger partial charge in [-0.25, -0.2) is 17.5 Å². The average molecular weight is 417 g/mol. The highest BCUT2D eigenvalue weighted by molar-refractivity contribution is 7.88. The molecule has 0 spiro atoms. The Labute approximate surface area is 171 Å². The molecule has 154 valence electrons. The second-order valence-electron chi connectivity index (χ2n) is 8.06. The lowest BCUT2D eigenvalue weighted by atomic mass is 9.95. The van der Waals surface area contributed by atoms with Crippen molar-refractivity contribution in [1.29, 1.82) is 0 Å². The average Bonchev–Trinajstić information content (AvgIpc) is 3.47. The number of hydrogen-bond acceptors (Lipinski definition) is 3. The third kappa shape index (κ3) is 4.67. The van der Waals surface area contributed by atoms with E-state index in [1.807, 2.05) is 30.3 Å². The maximum absolute atomic E-state index is 13.7. The van der Waals surface area contributed by atoms with Gasteiger partial charge in [0.1, 0.15) is 5.82 Å². The molecule has 1 heterocycles. The van der Waals surface area contributed by atoms with Crippen molar-refractivity contribution in [3.8, 4) is 11.1 Å². The number of hydrogen-bond donors (Lipinski definition) is 1. The van der Waals surface area contributed by atoms with Crippen LogP contribution in [0.2, 0.25) is 0 Å². The molecule has 1 amide bonds. The van der Waals surface area contributed by atoms with Crippen molar-refractivity contribution < 1.29 is 17.6 Å². The Morgan fingerprint density at radius 3 is 2.72 bits per heavy atom. The summed E-state index contributed by atoms with van der Waals surface area (Å²) in [6, 6.07) is 14.2. The van der Waals surface area contributed by atoms with E-state index >= 15 is 0 Å². The van der Waals surface area contributed by atoms with Gasteiger partial charge >= 0.3 is 0 Å². The maximum atomic E-state index is 13.7. The van der Waals surface area contributed by atoms with E-state index in [4.69, 9.17) is 0 Å². The van der Waals surface area contributed by atoms with Gasteiger partial charge in [-0.3, -0.25) is 4.79 Å². The van der Waals surface area contributed by atoms with Crippen molar-refractivity contribution >= 4 is 15.9 Å². The first-order valence-corrected chi connectivity index (χ1v) is 11.8. The lowest BCUT2D eigenvalue weighted by Gasteiger charge is -2.33. The number of nitrogens with one attached hydrogen (secondary N) is 1. The van der Waals surface area contributed by atoms with Crippen LogP contribution in [0.3, 0.4) is 0 Å². The molecule has 3 unspecified atom stereocenters. The minimum Gasteiger partial charge on any atom is -0.341 e. The Morgan fingerprint density at radius 1 is 1.17 bits per heavy atom. The third-order valence-corrected chi connectivity index (χ3v) is 6.48. The second-order valence-corrected chi connectivity index (χ2v) is 9.84. The zero-order chi connectivity index (χ0) is 20.6. The highest BCUT2D eigenvalue weighted by atomic mass is 32.2. The monoisotopic (exact) mass is 416 g/mol. The summed E-state index contributed by atoms with van der Waals surface area (Å²) in [6.07, 6.45) is 3.45. The summed E-state index contributed by atoms with van der Waals surface area (Å²) in [5, 5.41) is 0. The van der Waals surface area contributed by atoms with Crippen molar-refractivity contribution in [3.63, 3.8) is 0 Å². The van der Waals surface area contributed by atoms with E-state index in [1.54, 1.807) is 11.0 Å². The first kappa shape index (κ1) is 20.0. The fourth-order valence-corrected chi connectivity index (χ4v) is 5.16. The maximum Gasteiger partial charge on any atom is 0.226 e. The fourth-order valence-electron chi connectivity index (χ4n) is 4.36. The third-order valence-electron chi connectivity index (χ3n) is 5.72. The number of nitrogens with zero attached hydrogens (tertiary/aromatic N) is 1. The smallest absolute Gasteiger partial charge is 0.226 e. The Kier molecular flexibility index (Phi) is 5.44. The number of amides is 1. The van der Waals surface area contributed by atoms with Crippen LogP contribution in [0.25, 0.3) is 11.1 Å². The molecule has 1 aliphatic carbocycles. The van der Waals surface area contributed by atoms with Gasteiger partial charge in [0.25, 0.3) is 0 Å². The van der Waals surface area contributed by atoms with Gasteiger partial charge in [-0.2, -0.15) is 0 Å². The Balaban J connectivity index is 1.48. The summed E-state index contributed by atoms with van der Waals surface area (Å²) in [6.45, 7) is 1.08. The standard InChI is InChI=1S/C22H25FN2O3S/c1-29(27,28)24-17-8-5-11-25(14-17)22(26)21-13-20(21)19-10-3-2-9-18(19)15-6-4-7-16(23)12-15/h2-4,6-7,9-10,12,17,20-21,24H,5,8,11,13-14H2,1H3. The van der Waals surface area contributed by atoms with E-state index in [0.717, 1.165) is 42.2 Å².